The molecule has 0 bridgehead atoms. The maximum Gasteiger partial charge on any atom is 0.0141 e. The van der Waals surface area contributed by atoms with Crippen molar-refractivity contribution in [2.45, 2.75) is 43.5 Å². The van der Waals surface area contributed by atoms with E-state index in [1.807, 2.05) is 0 Å². The lowest BCUT2D eigenvalue weighted by Crippen LogP contribution is -2.26. The third-order valence-electron chi connectivity index (χ3n) is 3.65. The molecule has 0 aromatic carbocycles. The maximum atomic E-state index is 2.67. The van der Waals surface area contributed by atoms with Gasteiger partial charge in [-0.3, -0.25) is 0 Å². The van der Waals surface area contributed by atoms with Crippen LogP contribution in [0.25, 0.3) is 0 Å². The molecule has 0 N–H and O–H groups in total. The van der Waals surface area contributed by atoms with Gasteiger partial charge >= 0.3 is 0 Å². The molecule has 80 valence electrons. The minimum absolute atomic E-state index is 0.550. The zero-order valence-electron chi connectivity index (χ0n) is 8.89. The van der Waals surface area contributed by atoms with Crippen LogP contribution in [0.3, 0.4) is 0 Å². The van der Waals surface area contributed by atoms with E-state index in [9.17, 15) is 0 Å². The largest absolute Gasteiger partial charge is 0.0823 e. The lowest BCUT2D eigenvalue weighted by atomic mass is 9.71. The summed E-state index contributed by atoms with van der Waals surface area (Å²) in [6, 6.07) is 0. The summed E-state index contributed by atoms with van der Waals surface area (Å²) < 4.78 is 2.51. The molecular formula is C12H18I2. The van der Waals surface area contributed by atoms with Gasteiger partial charge in [0.25, 0.3) is 0 Å². The Morgan fingerprint density at radius 3 is 2.57 bits per heavy atom. The highest BCUT2D eigenvalue weighted by atomic mass is 127. The molecular weight excluding hydrogens is 398 g/mol. The predicted octanol–water partition coefficient (Wildman–Crippen LogP) is 4.96. The van der Waals surface area contributed by atoms with E-state index in [1.54, 1.807) is 3.58 Å². The molecule has 0 radical (unpaired) electrons. The highest BCUT2D eigenvalue weighted by Gasteiger charge is 2.38. The molecule has 0 spiro atoms. The maximum absolute atomic E-state index is 2.67. The summed E-state index contributed by atoms with van der Waals surface area (Å²) in [5.41, 5.74) is 0.550. The van der Waals surface area contributed by atoms with Crippen LogP contribution in [0, 0.1) is 17.3 Å². The summed E-state index contributed by atoms with van der Waals surface area (Å²) in [6.07, 6.45) is 8.16. The third-order valence-corrected chi connectivity index (χ3v) is 5.87. The monoisotopic (exact) mass is 416 g/mol. The molecule has 0 aromatic heterocycles. The number of alkyl halides is 1. The van der Waals surface area contributed by atoms with E-state index in [4.69, 9.17) is 0 Å². The molecule has 2 heteroatoms. The number of halogens is 2. The molecule has 14 heavy (non-hydrogen) atoms. The average Bonchev–Trinajstić information content (AvgIpc) is 2.27. The Hall–Kier alpha value is 1.20. The summed E-state index contributed by atoms with van der Waals surface area (Å²) in [5.74, 6) is 1.95. The molecule has 0 nitrogen and oxygen atoms in total. The van der Waals surface area contributed by atoms with E-state index in [0.29, 0.717) is 5.41 Å². The summed E-state index contributed by atoms with van der Waals surface area (Å²) in [7, 11) is 0. The van der Waals surface area contributed by atoms with E-state index in [2.05, 4.69) is 65.1 Å². The Morgan fingerprint density at radius 1 is 1.50 bits per heavy atom. The van der Waals surface area contributed by atoms with E-state index in [1.165, 1.54) is 25.7 Å². The van der Waals surface area contributed by atoms with E-state index >= 15 is 0 Å². The molecule has 0 aromatic rings. The van der Waals surface area contributed by atoms with Gasteiger partial charge in [-0.05, 0) is 69.1 Å². The summed E-state index contributed by atoms with van der Waals surface area (Å²) in [5, 5.41) is 0. The standard InChI is InChI=1S/C12H18I2/c1-8-3-9(11(14)4-8)5-12(2)6-10(13)7-12/h6,8-9,11H,3-5,7H2,1-2H3. The Balaban J connectivity index is 1.92. The minimum atomic E-state index is 0.550. The van der Waals surface area contributed by atoms with Gasteiger partial charge in [0, 0.05) is 3.92 Å². The smallest absolute Gasteiger partial charge is 0.0141 e. The number of hydrogen-bond acceptors (Lipinski definition) is 0. The van der Waals surface area contributed by atoms with Gasteiger partial charge < -0.3 is 0 Å². The predicted molar refractivity (Wildman–Crippen MR) is 79.1 cm³/mol. The SMILES string of the molecule is CC1CC(I)C(CC2(C)C=C(I)C2)C1. The Labute approximate surface area is 115 Å². The highest BCUT2D eigenvalue weighted by molar-refractivity contribution is 14.1. The van der Waals surface area contributed by atoms with E-state index < -0.39 is 0 Å². The first-order chi connectivity index (χ1) is 6.48. The van der Waals surface area contributed by atoms with E-state index in [0.717, 1.165) is 15.8 Å². The van der Waals surface area contributed by atoms with Crippen LogP contribution in [-0.2, 0) is 0 Å². The van der Waals surface area contributed by atoms with Gasteiger partial charge in [-0.15, -0.1) is 0 Å². The van der Waals surface area contributed by atoms with Crippen molar-refractivity contribution in [2.75, 3.05) is 0 Å². The molecule has 0 aliphatic heterocycles. The first-order valence-electron chi connectivity index (χ1n) is 5.50. The van der Waals surface area contributed by atoms with Gasteiger partial charge in [0.2, 0.25) is 0 Å². The second-order valence-corrected chi connectivity index (χ2v) is 8.46. The van der Waals surface area contributed by atoms with Crippen LogP contribution >= 0.6 is 45.2 Å². The Morgan fingerprint density at radius 2 is 2.14 bits per heavy atom. The van der Waals surface area contributed by atoms with Crippen LogP contribution in [0.5, 0.6) is 0 Å². The van der Waals surface area contributed by atoms with Crippen LogP contribution in [0.2, 0.25) is 0 Å². The van der Waals surface area contributed by atoms with Crippen LogP contribution in [0.4, 0.5) is 0 Å². The van der Waals surface area contributed by atoms with Crippen molar-refractivity contribution >= 4 is 45.2 Å². The number of hydrogen-bond donors (Lipinski definition) is 0. The summed E-state index contributed by atoms with van der Waals surface area (Å²) in [6.45, 7) is 4.84. The lowest BCUT2D eigenvalue weighted by molar-refractivity contribution is 0.287. The van der Waals surface area contributed by atoms with Gasteiger partial charge in [-0.1, -0.05) is 42.5 Å². The minimum Gasteiger partial charge on any atom is -0.0823 e. The van der Waals surface area contributed by atoms with Crippen LogP contribution in [0.1, 0.15) is 39.5 Å². The normalized spacial score (nSPS) is 47.4. The quantitative estimate of drug-likeness (QED) is 0.442. The zero-order chi connectivity index (χ0) is 10.3. The fraction of sp³-hybridized carbons (Fsp3) is 0.833. The van der Waals surface area contributed by atoms with Crippen LogP contribution in [-0.4, -0.2) is 3.92 Å². The van der Waals surface area contributed by atoms with Gasteiger partial charge in [0.1, 0.15) is 0 Å². The van der Waals surface area contributed by atoms with Crippen molar-refractivity contribution in [3.05, 3.63) is 9.66 Å². The fourth-order valence-corrected chi connectivity index (χ4v) is 6.05. The Bertz CT molecular complexity index is 259. The van der Waals surface area contributed by atoms with Gasteiger partial charge in [-0.25, -0.2) is 0 Å². The molecule has 0 heterocycles. The molecule has 4 atom stereocenters. The molecule has 4 unspecified atom stereocenters. The first kappa shape index (κ1) is 11.7. The molecule has 2 aliphatic carbocycles. The highest BCUT2D eigenvalue weighted by Crippen LogP contribution is 2.50. The molecule has 0 saturated heterocycles. The van der Waals surface area contributed by atoms with E-state index in [-0.39, 0.29) is 0 Å². The van der Waals surface area contributed by atoms with Crippen molar-refractivity contribution in [3.63, 3.8) is 0 Å². The molecule has 1 fully saturated rings. The van der Waals surface area contributed by atoms with Gasteiger partial charge in [0.05, 0.1) is 0 Å². The topological polar surface area (TPSA) is 0 Å². The Kier molecular flexibility index (Phi) is 3.52. The third kappa shape index (κ3) is 2.47. The lowest BCUT2D eigenvalue weighted by Gasteiger charge is -2.37. The fourth-order valence-electron chi connectivity index (χ4n) is 3.01. The molecule has 0 amide bonds. The van der Waals surface area contributed by atoms with Crippen molar-refractivity contribution in [1.29, 1.82) is 0 Å². The summed E-state index contributed by atoms with van der Waals surface area (Å²) >= 11 is 5.15. The van der Waals surface area contributed by atoms with Crippen molar-refractivity contribution < 1.29 is 0 Å². The van der Waals surface area contributed by atoms with Crippen molar-refractivity contribution in [1.82, 2.24) is 0 Å². The van der Waals surface area contributed by atoms with Crippen LogP contribution in [0.15, 0.2) is 9.66 Å². The second kappa shape index (κ2) is 4.22. The number of allylic oxidation sites excluding steroid dienone is 2. The van der Waals surface area contributed by atoms with Crippen molar-refractivity contribution in [3.8, 4) is 0 Å². The molecule has 2 aliphatic rings. The molecule has 1 saturated carbocycles. The zero-order valence-corrected chi connectivity index (χ0v) is 13.2. The van der Waals surface area contributed by atoms with Gasteiger partial charge in [0.15, 0.2) is 0 Å². The average molecular weight is 416 g/mol. The van der Waals surface area contributed by atoms with Gasteiger partial charge in [-0.2, -0.15) is 0 Å². The van der Waals surface area contributed by atoms with Crippen LogP contribution < -0.4 is 0 Å². The number of rotatable bonds is 2. The van der Waals surface area contributed by atoms with Crippen molar-refractivity contribution in [2.24, 2.45) is 17.3 Å². The first-order valence-corrected chi connectivity index (χ1v) is 7.82. The second-order valence-electron chi connectivity index (χ2n) is 5.48. The molecule has 2 rings (SSSR count). The summed E-state index contributed by atoms with van der Waals surface area (Å²) in [4.78, 5) is 0.